The van der Waals surface area contributed by atoms with E-state index in [1.165, 1.54) is 12.1 Å². The van der Waals surface area contributed by atoms with Gasteiger partial charge in [-0.1, -0.05) is 31.2 Å². The van der Waals surface area contributed by atoms with E-state index in [0.29, 0.717) is 12.3 Å². The van der Waals surface area contributed by atoms with Crippen LogP contribution in [-0.4, -0.2) is 15.3 Å². The normalized spacial score (nSPS) is 22.2. The van der Waals surface area contributed by atoms with E-state index in [2.05, 4.69) is 16.8 Å². The number of allylic oxidation sites excluding steroid dienone is 2. The molecule has 1 aliphatic carbocycles. The number of fused-ring (bicyclic) bond motifs is 3. The molecule has 1 aromatic heterocycles. The molecule has 0 radical (unpaired) electrons. The maximum Gasteiger partial charge on any atom is 0.209 e. The van der Waals surface area contributed by atoms with E-state index in [1.54, 1.807) is 12.1 Å². The lowest BCUT2D eigenvalue weighted by Gasteiger charge is -2.35. The molecular weight excluding hydrogens is 329 g/mol. The molecule has 0 bridgehead atoms. The summed E-state index contributed by atoms with van der Waals surface area (Å²) in [6, 6.07) is 14.0. The fourth-order valence-corrected chi connectivity index (χ4v) is 4.18. The third kappa shape index (κ3) is 2.20. The molecule has 3 aromatic rings. The number of nitrogens with one attached hydrogen (secondary N) is 1. The Kier molecular flexibility index (Phi) is 3.26. The largest absolute Gasteiger partial charge is 0.329 e. The number of imidazole rings is 1. The number of carbonyl (C=O) groups excluding carboxylic acids is 1. The van der Waals surface area contributed by atoms with Crippen LogP contribution in [0.3, 0.4) is 0 Å². The maximum absolute atomic E-state index is 13.5. The van der Waals surface area contributed by atoms with Gasteiger partial charge >= 0.3 is 0 Å². The minimum absolute atomic E-state index is 0.156. The van der Waals surface area contributed by atoms with Crippen LogP contribution in [0.15, 0.2) is 59.8 Å². The smallest absolute Gasteiger partial charge is 0.209 e. The Labute approximate surface area is 150 Å². The van der Waals surface area contributed by atoms with Crippen molar-refractivity contribution >= 4 is 22.8 Å². The molecule has 1 aliphatic heterocycles. The number of benzene rings is 2. The average molecular weight is 347 g/mol. The van der Waals surface area contributed by atoms with Crippen molar-refractivity contribution < 1.29 is 9.18 Å². The summed E-state index contributed by atoms with van der Waals surface area (Å²) in [5.74, 6) is 0.917. The third-order valence-electron chi connectivity index (χ3n) is 5.29. The first-order chi connectivity index (χ1) is 12.6. The van der Waals surface area contributed by atoms with Crippen LogP contribution < -0.4 is 5.32 Å². The van der Waals surface area contributed by atoms with Crippen LogP contribution >= 0.6 is 0 Å². The van der Waals surface area contributed by atoms with Gasteiger partial charge in [0.1, 0.15) is 5.82 Å². The highest BCUT2D eigenvalue weighted by molar-refractivity contribution is 6.00. The molecule has 5 rings (SSSR count). The van der Waals surface area contributed by atoms with Gasteiger partial charge < -0.3 is 5.32 Å². The second kappa shape index (κ2) is 5.53. The highest BCUT2D eigenvalue weighted by Gasteiger charge is 2.38. The fourth-order valence-electron chi connectivity index (χ4n) is 4.18. The molecule has 0 saturated heterocycles. The Morgan fingerprint density at radius 3 is 2.69 bits per heavy atom. The van der Waals surface area contributed by atoms with Crippen LogP contribution in [0, 0.1) is 11.7 Å². The number of Topliss-reactive ketones (excluding diaryl/α,β-unsaturated/α-hetero) is 1. The lowest BCUT2D eigenvalue weighted by molar-refractivity contribution is -0.117. The molecule has 2 atom stereocenters. The summed E-state index contributed by atoms with van der Waals surface area (Å²) in [7, 11) is 0. The average Bonchev–Trinajstić information content (AvgIpc) is 2.98. The van der Waals surface area contributed by atoms with Crippen LogP contribution in [0.5, 0.6) is 0 Å². The quantitative estimate of drug-likeness (QED) is 0.708. The SMILES string of the molecule is C[C@@H]1CC(=O)C2=C(C1)Nc1nc3ccccc3n1[C@@H]2c1ccc(F)cc1. The van der Waals surface area contributed by atoms with Crippen molar-refractivity contribution in [2.75, 3.05) is 5.32 Å². The lowest BCUT2D eigenvalue weighted by atomic mass is 9.81. The van der Waals surface area contributed by atoms with Gasteiger partial charge in [0.05, 0.1) is 17.1 Å². The van der Waals surface area contributed by atoms with E-state index in [1.807, 2.05) is 24.3 Å². The van der Waals surface area contributed by atoms with Crippen LogP contribution in [0.4, 0.5) is 10.3 Å². The molecule has 0 saturated carbocycles. The number of nitrogens with zero attached hydrogens (tertiary/aromatic N) is 2. The molecule has 5 heteroatoms. The molecule has 2 aliphatic rings. The molecule has 130 valence electrons. The molecule has 0 amide bonds. The monoisotopic (exact) mass is 347 g/mol. The second-order valence-corrected chi connectivity index (χ2v) is 7.20. The van der Waals surface area contributed by atoms with Gasteiger partial charge in [-0.25, -0.2) is 9.37 Å². The summed E-state index contributed by atoms with van der Waals surface area (Å²) in [5.41, 5.74) is 4.47. The van der Waals surface area contributed by atoms with Gasteiger partial charge in [-0.3, -0.25) is 9.36 Å². The number of carbonyl (C=O) groups is 1. The van der Waals surface area contributed by atoms with E-state index in [0.717, 1.165) is 40.2 Å². The highest BCUT2D eigenvalue weighted by atomic mass is 19.1. The number of ketones is 1. The lowest BCUT2D eigenvalue weighted by Crippen LogP contribution is -2.33. The highest BCUT2D eigenvalue weighted by Crippen LogP contribution is 2.43. The second-order valence-electron chi connectivity index (χ2n) is 7.20. The van der Waals surface area contributed by atoms with Crippen molar-refractivity contribution in [3.8, 4) is 0 Å². The first kappa shape index (κ1) is 15.3. The zero-order valence-electron chi connectivity index (χ0n) is 14.4. The minimum atomic E-state index is -0.283. The molecule has 0 spiro atoms. The van der Waals surface area contributed by atoms with E-state index < -0.39 is 0 Å². The van der Waals surface area contributed by atoms with Crippen LogP contribution in [0.25, 0.3) is 11.0 Å². The van der Waals surface area contributed by atoms with Crippen LogP contribution in [-0.2, 0) is 4.79 Å². The molecular formula is C21H18FN3O. The van der Waals surface area contributed by atoms with Crippen molar-refractivity contribution in [2.24, 2.45) is 5.92 Å². The molecule has 4 nitrogen and oxygen atoms in total. The van der Waals surface area contributed by atoms with Crippen molar-refractivity contribution in [1.29, 1.82) is 0 Å². The summed E-state index contributed by atoms with van der Waals surface area (Å²) in [6.07, 6.45) is 1.36. The van der Waals surface area contributed by atoms with Crippen molar-refractivity contribution in [1.82, 2.24) is 9.55 Å². The Hall–Kier alpha value is -2.95. The van der Waals surface area contributed by atoms with E-state index in [4.69, 9.17) is 4.98 Å². The zero-order valence-corrected chi connectivity index (χ0v) is 14.4. The summed E-state index contributed by atoms with van der Waals surface area (Å²) < 4.78 is 15.6. The predicted molar refractivity (Wildman–Crippen MR) is 98.3 cm³/mol. The summed E-state index contributed by atoms with van der Waals surface area (Å²) in [5, 5.41) is 3.40. The van der Waals surface area contributed by atoms with Crippen molar-refractivity contribution in [2.45, 2.75) is 25.8 Å². The first-order valence-corrected chi connectivity index (χ1v) is 8.87. The minimum Gasteiger partial charge on any atom is -0.329 e. The van der Waals surface area contributed by atoms with E-state index in [9.17, 15) is 9.18 Å². The van der Waals surface area contributed by atoms with Gasteiger partial charge in [-0.2, -0.15) is 0 Å². The Morgan fingerprint density at radius 2 is 1.88 bits per heavy atom. The Morgan fingerprint density at radius 1 is 1.12 bits per heavy atom. The number of hydrogen-bond donors (Lipinski definition) is 1. The molecule has 2 aromatic carbocycles. The fraction of sp³-hybridized carbons (Fsp3) is 0.238. The van der Waals surface area contributed by atoms with Gasteiger partial charge in [0.2, 0.25) is 5.95 Å². The topological polar surface area (TPSA) is 46.9 Å². The predicted octanol–water partition coefficient (Wildman–Crippen LogP) is 4.44. The number of rotatable bonds is 1. The standard InChI is InChI=1S/C21H18FN3O/c1-12-10-16-19(18(26)11-12)20(13-6-8-14(22)9-7-13)25-17-5-3-2-4-15(17)23-21(25)24-16/h2-9,12,20H,10-11H2,1H3,(H,23,24)/t12-,20+/m0/s1. The third-order valence-corrected chi connectivity index (χ3v) is 5.29. The summed E-state index contributed by atoms with van der Waals surface area (Å²) >= 11 is 0. The van der Waals surface area contributed by atoms with Crippen LogP contribution in [0.1, 0.15) is 31.4 Å². The number of para-hydroxylation sites is 2. The molecule has 0 fully saturated rings. The number of anilines is 1. The van der Waals surface area contributed by atoms with E-state index >= 15 is 0 Å². The maximum atomic E-state index is 13.5. The molecule has 2 heterocycles. The Bertz CT molecular complexity index is 1060. The van der Waals surface area contributed by atoms with Gasteiger partial charge in [-0.05, 0) is 42.2 Å². The molecule has 26 heavy (non-hydrogen) atoms. The van der Waals surface area contributed by atoms with Crippen molar-refractivity contribution in [3.05, 3.63) is 71.2 Å². The molecule has 0 unspecified atom stereocenters. The first-order valence-electron chi connectivity index (χ1n) is 8.87. The summed E-state index contributed by atoms with van der Waals surface area (Å²) in [4.78, 5) is 17.7. The van der Waals surface area contributed by atoms with Crippen LogP contribution in [0.2, 0.25) is 0 Å². The Balaban J connectivity index is 1.79. The van der Waals surface area contributed by atoms with Gasteiger partial charge in [0.25, 0.3) is 0 Å². The van der Waals surface area contributed by atoms with Gasteiger partial charge in [0.15, 0.2) is 5.78 Å². The van der Waals surface area contributed by atoms with Gasteiger partial charge in [-0.15, -0.1) is 0 Å². The summed E-state index contributed by atoms with van der Waals surface area (Å²) in [6.45, 7) is 2.09. The van der Waals surface area contributed by atoms with E-state index in [-0.39, 0.29) is 17.6 Å². The number of aromatic nitrogens is 2. The number of hydrogen-bond acceptors (Lipinski definition) is 3. The van der Waals surface area contributed by atoms with Crippen molar-refractivity contribution in [3.63, 3.8) is 0 Å². The van der Waals surface area contributed by atoms with Gasteiger partial charge in [0, 0.05) is 17.7 Å². The number of halogens is 1. The molecule has 1 N–H and O–H groups in total. The zero-order chi connectivity index (χ0) is 17.8.